The van der Waals surface area contributed by atoms with E-state index in [2.05, 4.69) is 29.3 Å². The highest BCUT2D eigenvalue weighted by atomic mass is 16.4. The van der Waals surface area contributed by atoms with Gasteiger partial charge in [0.1, 0.15) is 5.54 Å². The molecule has 0 bridgehead atoms. The van der Waals surface area contributed by atoms with E-state index >= 15 is 0 Å². The van der Waals surface area contributed by atoms with Gasteiger partial charge in [0.15, 0.2) is 0 Å². The lowest BCUT2D eigenvalue weighted by atomic mass is 9.87. The normalized spacial score (nSPS) is 18.3. The minimum Gasteiger partial charge on any atom is -0.480 e. The molecule has 19 heavy (non-hydrogen) atoms. The predicted molar refractivity (Wildman–Crippen MR) is 76.5 cm³/mol. The highest BCUT2D eigenvalue weighted by molar-refractivity contribution is 5.79. The minimum atomic E-state index is -0.735. The monoisotopic (exact) mass is 262 g/mol. The molecule has 0 amide bonds. The van der Waals surface area contributed by atoms with Crippen molar-refractivity contribution in [3.63, 3.8) is 0 Å². The smallest absolute Gasteiger partial charge is 0.324 e. The van der Waals surface area contributed by atoms with Crippen molar-refractivity contribution < 1.29 is 9.90 Å². The molecular formula is C15H22N2O2. The van der Waals surface area contributed by atoms with Crippen LogP contribution in [0.4, 0.5) is 5.69 Å². The number of hydrogen-bond acceptors (Lipinski definition) is 3. The second kappa shape index (κ2) is 6.06. The Morgan fingerprint density at radius 3 is 2.47 bits per heavy atom. The van der Waals surface area contributed by atoms with Crippen LogP contribution in [-0.2, 0) is 4.79 Å². The number of piperidine rings is 1. The second-order valence-electron chi connectivity index (χ2n) is 5.14. The largest absolute Gasteiger partial charge is 0.480 e. The number of para-hydroxylation sites is 1. The summed E-state index contributed by atoms with van der Waals surface area (Å²) in [5, 5.41) is 12.7. The maximum atomic E-state index is 11.5. The van der Waals surface area contributed by atoms with Crippen LogP contribution in [0, 0.1) is 0 Å². The molecule has 0 aliphatic carbocycles. The lowest BCUT2D eigenvalue weighted by Crippen LogP contribution is -2.58. The zero-order chi connectivity index (χ0) is 13.7. The van der Waals surface area contributed by atoms with Crippen molar-refractivity contribution in [1.29, 1.82) is 0 Å². The Kier molecular flexibility index (Phi) is 4.43. The average Bonchev–Trinajstić information content (AvgIpc) is 2.46. The maximum Gasteiger partial charge on any atom is 0.324 e. The molecule has 1 aliphatic rings. The van der Waals surface area contributed by atoms with Gasteiger partial charge in [0.25, 0.3) is 0 Å². The van der Waals surface area contributed by atoms with E-state index in [1.807, 2.05) is 18.2 Å². The summed E-state index contributed by atoms with van der Waals surface area (Å²) < 4.78 is 0. The van der Waals surface area contributed by atoms with Crippen LogP contribution in [0.3, 0.4) is 0 Å². The minimum absolute atomic E-state index is 0.650. The van der Waals surface area contributed by atoms with E-state index in [0.717, 1.165) is 26.1 Å². The van der Waals surface area contributed by atoms with E-state index in [9.17, 15) is 9.90 Å². The number of anilines is 1. The van der Waals surface area contributed by atoms with Gasteiger partial charge >= 0.3 is 5.97 Å². The summed E-state index contributed by atoms with van der Waals surface area (Å²) in [5.41, 5.74) is 0.443. The van der Waals surface area contributed by atoms with Crippen molar-refractivity contribution in [2.24, 2.45) is 0 Å². The maximum absolute atomic E-state index is 11.5. The van der Waals surface area contributed by atoms with E-state index in [-0.39, 0.29) is 0 Å². The third-order valence-electron chi connectivity index (χ3n) is 3.86. The Bertz CT molecular complexity index is 411. The number of nitrogens with one attached hydrogen (secondary N) is 1. The van der Waals surface area contributed by atoms with Crippen LogP contribution < -0.4 is 10.2 Å². The molecule has 4 heteroatoms. The van der Waals surface area contributed by atoms with Crippen molar-refractivity contribution in [3.8, 4) is 0 Å². The van der Waals surface area contributed by atoms with Crippen molar-refractivity contribution in [3.05, 3.63) is 30.3 Å². The van der Waals surface area contributed by atoms with E-state index in [0.29, 0.717) is 12.8 Å². The molecule has 0 unspecified atom stereocenters. The summed E-state index contributed by atoms with van der Waals surface area (Å²) in [5.74, 6) is -0.714. The second-order valence-corrected chi connectivity index (χ2v) is 5.14. The van der Waals surface area contributed by atoms with Gasteiger partial charge in [0.05, 0.1) is 0 Å². The Hall–Kier alpha value is -1.55. The molecule has 0 radical (unpaired) electrons. The Morgan fingerprint density at radius 1 is 1.32 bits per heavy atom. The number of aliphatic carboxylic acids is 1. The van der Waals surface area contributed by atoms with Gasteiger partial charge in [-0.15, -0.1) is 0 Å². The lowest BCUT2D eigenvalue weighted by Gasteiger charge is -2.40. The van der Waals surface area contributed by atoms with Crippen LogP contribution >= 0.6 is 0 Å². The summed E-state index contributed by atoms with van der Waals surface area (Å²) in [4.78, 5) is 13.8. The number of carboxylic acids is 1. The number of hydrogen-bond donors (Lipinski definition) is 2. The van der Waals surface area contributed by atoms with Crippen molar-refractivity contribution >= 4 is 11.7 Å². The van der Waals surface area contributed by atoms with Crippen LogP contribution in [0.5, 0.6) is 0 Å². The molecule has 0 spiro atoms. The standard InChI is InChI=1S/C15H22N2O2/c1-2-10-16-15(14(18)19)8-11-17(12-9-15)13-6-4-3-5-7-13/h3-7,16H,2,8-12H2,1H3,(H,18,19). The van der Waals surface area contributed by atoms with E-state index in [1.165, 1.54) is 5.69 Å². The van der Waals surface area contributed by atoms with E-state index in [1.54, 1.807) is 0 Å². The SMILES string of the molecule is CCCNC1(C(=O)O)CCN(c2ccccc2)CC1. The summed E-state index contributed by atoms with van der Waals surface area (Å²) in [6.45, 7) is 4.39. The molecule has 0 atom stereocenters. The lowest BCUT2D eigenvalue weighted by molar-refractivity contribution is -0.145. The third-order valence-corrected chi connectivity index (χ3v) is 3.86. The summed E-state index contributed by atoms with van der Waals surface area (Å²) in [6.07, 6.45) is 2.26. The molecule has 1 saturated heterocycles. The fraction of sp³-hybridized carbons (Fsp3) is 0.533. The summed E-state index contributed by atoms with van der Waals surface area (Å²) >= 11 is 0. The van der Waals surface area contributed by atoms with Gasteiger partial charge < -0.3 is 15.3 Å². The fourth-order valence-corrected chi connectivity index (χ4v) is 2.62. The van der Waals surface area contributed by atoms with E-state index < -0.39 is 11.5 Å². The van der Waals surface area contributed by atoms with Crippen molar-refractivity contribution in [2.75, 3.05) is 24.5 Å². The molecule has 1 aliphatic heterocycles. The van der Waals surface area contributed by atoms with Crippen LogP contribution in [0.15, 0.2) is 30.3 Å². The molecular weight excluding hydrogens is 240 g/mol. The molecule has 0 aromatic heterocycles. The highest BCUT2D eigenvalue weighted by Gasteiger charge is 2.40. The Labute approximate surface area is 114 Å². The van der Waals surface area contributed by atoms with E-state index in [4.69, 9.17) is 0 Å². The molecule has 1 heterocycles. The summed E-state index contributed by atoms with van der Waals surface area (Å²) in [7, 11) is 0. The Balaban J connectivity index is 2.02. The van der Waals surface area contributed by atoms with Crippen LogP contribution in [-0.4, -0.2) is 36.2 Å². The van der Waals surface area contributed by atoms with Gasteiger partial charge in [0.2, 0.25) is 0 Å². The first-order chi connectivity index (χ1) is 9.18. The molecule has 1 fully saturated rings. The van der Waals surface area contributed by atoms with Gasteiger partial charge in [-0.25, -0.2) is 0 Å². The first-order valence-electron chi connectivity index (χ1n) is 6.96. The predicted octanol–water partition coefficient (Wildman–Crippen LogP) is 2.11. The highest BCUT2D eigenvalue weighted by Crippen LogP contribution is 2.26. The zero-order valence-electron chi connectivity index (χ0n) is 11.4. The third kappa shape index (κ3) is 3.07. The molecule has 4 nitrogen and oxygen atoms in total. The number of carbonyl (C=O) groups is 1. The van der Waals surface area contributed by atoms with Crippen LogP contribution in [0.1, 0.15) is 26.2 Å². The first kappa shape index (κ1) is 13.9. The molecule has 2 N–H and O–H groups in total. The van der Waals surface area contributed by atoms with Crippen LogP contribution in [0.25, 0.3) is 0 Å². The first-order valence-corrected chi connectivity index (χ1v) is 6.96. The average molecular weight is 262 g/mol. The van der Waals surface area contributed by atoms with Gasteiger partial charge in [0, 0.05) is 18.8 Å². The van der Waals surface area contributed by atoms with Crippen LogP contribution in [0.2, 0.25) is 0 Å². The fourth-order valence-electron chi connectivity index (χ4n) is 2.62. The van der Waals surface area contributed by atoms with Crippen molar-refractivity contribution in [1.82, 2.24) is 5.32 Å². The van der Waals surface area contributed by atoms with Gasteiger partial charge in [-0.2, -0.15) is 0 Å². The quantitative estimate of drug-likeness (QED) is 0.853. The molecule has 2 rings (SSSR count). The number of rotatable bonds is 5. The number of nitrogens with zero attached hydrogens (tertiary/aromatic N) is 1. The number of benzene rings is 1. The van der Waals surface area contributed by atoms with Gasteiger partial charge in [-0.05, 0) is 37.9 Å². The summed E-state index contributed by atoms with van der Waals surface area (Å²) in [6, 6.07) is 10.2. The molecule has 1 aromatic rings. The number of carboxylic acid groups (broad SMARTS) is 1. The van der Waals surface area contributed by atoms with Crippen molar-refractivity contribution in [2.45, 2.75) is 31.7 Å². The zero-order valence-corrected chi connectivity index (χ0v) is 11.4. The molecule has 0 saturated carbocycles. The van der Waals surface area contributed by atoms with Gasteiger partial charge in [-0.3, -0.25) is 4.79 Å². The molecule has 104 valence electrons. The van der Waals surface area contributed by atoms with Gasteiger partial charge in [-0.1, -0.05) is 25.1 Å². The molecule has 1 aromatic carbocycles. The Morgan fingerprint density at radius 2 is 1.95 bits per heavy atom. The topological polar surface area (TPSA) is 52.6 Å².